The number of aryl methyl sites for hydroxylation is 2. The molecule has 0 spiro atoms. The Bertz CT molecular complexity index is 399. The first-order valence-electron chi connectivity index (χ1n) is 5.37. The van der Waals surface area contributed by atoms with E-state index in [1.165, 1.54) is 16.5 Å². The molecule has 0 saturated heterocycles. The Morgan fingerprint density at radius 1 is 1.14 bits per heavy atom. The lowest BCUT2D eigenvalue weighted by atomic mass is 10.2. The van der Waals surface area contributed by atoms with Gasteiger partial charge < -0.3 is 4.57 Å². The quantitative estimate of drug-likeness (QED) is 0.639. The molecule has 0 aliphatic rings. The molecular formula is C13H19N. The van der Waals surface area contributed by atoms with Gasteiger partial charge in [0.15, 0.2) is 0 Å². The second-order valence-electron chi connectivity index (χ2n) is 3.16. The van der Waals surface area contributed by atoms with E-state index in [4.69, 9.17) is 0 Å². The second kappa shape index (κ2) is 4.85. The molecule has 1 nitrogen and oxygen atoms in total. The van der Waals surface area contributed by atoms with E-state index in [1.54, 1.807) is 0 Å². The summed E-state index contributed by atoms with van der Waals surface area (Å²) in [6.07, 6.45) is 2.14. The number of rotatable bonds is 1. The molecule has 1 aromatic carbocycles. The summed E-state index contributed by atoms with van der Waals surface area (Å²) < 4.78 is 2.26. The molecule has 2 rings (SSSR count). The lowest BCUT2D eigenvalue weighted by Gasteiger charge is -1.99. The van der Waals surface area contributed by atoms with Crippen LogP contribution >= 0.6 is 0 Å². The molecule has 14 heavy (non-hydrogen) atoms. The number of hydrogen-bond acceptors (Lipinski definition) is 0. The first-order valence-corrected chi connectivity index (χ1v) is 5.37. The van der Waals surface area contributed by atoms with Gasteiger partial charge in [-0.05, 0) is 37.4 Å². The molecule has 0 amide bonds. The zero-order valence-corrected chi connectivity index (χ0v) is 9.54. The molecule has 1 aromatic heterocycles. The Morgan fingerprint density at radius 3 is 2.50 bits per heavy atom. The number of benzene rings is 1. The number of aromatic nitrogens is 1. The van der Waals surface area contributed by atoms with Crippen LogP contribution in [0.3, 0.4) is 0 Å². The van der Waals surface area contributed by atoms with Crippen molar-refractivity contribution in [1.82, 2.24) is 4.57 Å². The van der Waals surface area contributed by atoms with Crippen LogP contribution in [0.5, 0.6) is 0 Å². The third-order valence-electron chi connectivity index (χ3n) is 2.27. The van der Waals surface area contributed by atoms with Gasteiger partial charge in [-0.15, -0.1) is 0 Å². The van der Waals surface area contributed by atoms with Crippen LogP contribution in [0.1, 0.15) is 26.3 Å². The molecule has 0 N–H and O–H groups in total. The standard InChI is InChI=1S/C11H13N.C2H6/c1-3-12-7-6-10-8-9(2)4-5-11(10)12;1-2/h4-8H,3H2,1-2H3;1-2H3. The van der Waals surface area contributed by atoms with Gasteiger partial charge in [0, 0.05) is 18.3 Å². The molecule has 0 aliphatic carbocycles. The van der Waals surface area contributed by atoms with Crippen LogP contribution in [-0.2, 0) is 6.54 Å². The van der Waals surface area contributed by atoms with Crippen molar-refractivity contribution in [3.8, 4) is 0 Å². The van der Waals surface area contributed by atoms with Gasteiger partial charge in [-0.2, -0.15) is 0 Å². The average molecular weight is 189 g/mol. The molecule has 0 bridgehead atoms. The topological polar surface area (TPSA) is 4.93 Å². The van der Waals surface area contributed by atoms with E-state index < -0.39 is 0 Å². The van der Waals surface area contributed by atoms with E-state index in [2.05, 4.69) is 48.9 Å². The number of hydrogen-bond donors (Lipinski definition) is 0. The van der Waals surface area contributed by atoms with Gasteiger partial charge in [-0.3, -0.25) is 0 Å². The van der Waals surface area contributed by atoms with Gasteiger partial charge >= 0.3 is 0 Å². The summed E-state index contributed by atoms with van der Waals surface area (Å²) in [6.45, 7) is 9.34. The average Bonchev–Trinajstić information content (AvgIpc) is 2.62. The van der Waals surface area contributed by atoms with E-state index in [-0.39, 0.29) is 0 Å². The maximum Gasteiger partial charge on any atom is 0.0480 e. The maximum absolute atomic E-state index is 2.26. The highest BCUT2D eigenvalue weighted by Crippen LogP contribution is 2.16. The van der Waals surface area contributed by atoms with Crippen molar-refractivity contribution in [1.29, 1.82) is 0 Å². The molecule has 0 radical (unpaired) electrons. The fraction of sp³-hybridized carbons (Fsp3) is 0.385. The molecule has 2 aromatic rings. The Labute approximate surface area is 86.4 Å². The summed E-state index contributed by atoms with van der Waals surface area (Å²) in [7, 11) is 0. The van der Waals surface area contributed by atoms with Crippen molar-refractivity contribution in [3.63, 3.8) is 0 Å². The fourth-order valence-corrected chi connectivity index (χ4v) is 1.60. The Morgan fingerprint density at radius 2 is 1.86 bits per heavy atom. The van der Waals surface area contributed by atoms with E-state index in [1.807, 2.05) is 13.8 Å². The zero-order valence-electron chi connectivity index (χ0n) is 9.54. The summed E-state index contributed by atoms with van der Waals surface area (Å²) in [4.78, 5) is 0. The molecule has 0 atom stereocenters. The van der Waals surface area contributed by atoms with Crippen molar-refractivity contribution in [2.75, 3.05) is 0 Å². The minimum atomic E-state index is 1.05. The lowest BCUT2D eigenvalue weighted by molar-refractivity contribution is 0.797. The molecule has 1 heteroatoms. The number of fused-ring (bicyclic) bond motifs is 1. The monoisotopic (exact) mass is 189 g/mol. The van der Waals surface area contributed by atoms with Crippen LogP contribution < -0.4 is 0 Å². The third kappa shape index (κ3) is 1.98. The largest absolute Gasteiger partial charge is 0.348 e. The minimum absolute atomic E-state index is 1.05. The predicted octanol–water partition coefficient (Wildman–Crippen LogP) is 4.00. The molecule has 0 aliphatic heterocycles. The smallest absolute Gasteiger partial charge is 0.0480 e. The van der Waals surface area contributed by atoms with Gasteiger partial charge in [0.2, 0.25) is 0 Å². The zero-order chi connectivity index (χ0) is 10.6. The summed E-state index contributed by atoms with van der Waals surface area (Å²) in [5.74, 6) is 0. The molecule has 76 valence electrons. The van der Waals surface area contributed by atoms with Crippen molar-refractivity contribution in [3.05, 3.63) is 36.0 Å². The summed E-state index contributed by atoms with van der Waals surface area (Å²) >= 11 is 0. The van der Waals surface area contributed by atoms with Crippen molar-refractivity contribution in [2.24, 2.45) is 0 Å². The van der Waals surface area contributed by atoms with Crippen molar-refractivity contribution < 1.29 is 0 Å². The molecular weight excluding hydrogens is 170 g/mol. The number of nitrogens with zero attached hydrogens (tertiary/aromatic N) is 1. The van der Waals surface area contributed by atoms with Crippen LogP contribution in [0, 0.1) is 6.92 Å². The Hall–Kier alpha value is -1.24. The predicted molar refractivity (Wildman–Crippen MR) is 63.7 cm³/mol. The van der Waals surface area contributed by atoms with Gasteiger partial charge in [-0.1, -0.05) is 25.5 Å². The van der Waals surface area contributed by atoms with Crippen molar-refractivity contribution in [2.45, 2.75) is 34.2 Å². The van der Waals surface area contributed by atoms with Crippen LogP contribution in [0.15, 0.2) is 30.5 Å². The van der Waals surface area contributed by atoms with E-state index in [0.717, 1.165) is 6.54 Å². The highest BCUT2D eigenvalue weighted by atomic mass is 14.9. The molecule has 0 saturated carbocycles. The highest BCUT2D eigenvalue weighted by Gasteiger charge is 1.97. The first kappa shape index (κ1) is 10.8. The lowest BCUT2D eigenvalue weighted by Crippen LogP contribution is -1.89. The van der Waals surface area contributed by atoms with Gasteiger partial charge in [-0.25, -0.2) is 0 Å². The SMILES string of the molecule is CC.CCn1ccc2cc(C)ccc21. The fourth-order valence-electron chi connectivity index (χ4n) is 1.60. The molecule has 0 fully saturated rings. The maximum atomic E-state index is 2.26. The van der Waals surface area contributed by atoms with Crippen molar-refractivity contribution >= 4 is 10.9 Å². The summed E-state index contributed by atoms with van der Waals surface area (Å²) in [5, 5.41) is 1.34. The van der Waals surface area contributed by atoms with Crippen LogP contribution in [0.4, 0.5) is 0 Å². The summed E-state index contributed by atoms with van der Waals surface area (Å²) in [5.41, 5.74) is 2.67. The first-order chi connectivity index (χ1) is 6.81. The van der Waals surface area contributed by atoms with E-state index in [9.17, 15) is 0 Å². The third-order valence-corrected chi connectivity index (χ3v) is 2.27. The van der Waals surface area contributed by atoms with Crippen LogP contribution in [0.2, 0.25) is 0 Å². The van der Waals surface area contributed by atoms with E-state index >= 15 is 0 Å². The minimum Gasteiger partial charge on any atom is -0.348 e. The second-order valence-corrected chi connectivity index (χ2v) is 3.16. The van der Waals surface area contributed by atoms with E-state index in [0.29, 0.717) is 0 Å². The normalized spacial score (nSPS) is 9.71. The molecule has 0 unspecified atom stereocenters. The van der Waals surface area contributed by atoms with Gasteiger partial charge in [0.1, 0.15) is 0 Å². The van der Waals surface area contributed by atoms with Crippen LogP contribution in [-0.4, -0.2) is 4.57 Å². The Balaban J connectivity index is 0.000000461. The Kier molecular flexibility index (Phi) is 3.75. The molecule has 1 heterocycles. The highest BCUT2D eigenvalue weighted by molar-refractivity contribution is 5.80. The summed E-state index contributed by atoms with van der Waals surface area (Å²) in [6, 6.07) is 8.75. The van der Waals surface area contributed by atoms with Gasteiger partial charge in [0.05, 0.1) is 0 Å². The van der Waals surface area contributed by atoms with Crippen LogP contribution in [0.25, 0.3) is 10.9 Å². The van der Waals surface area contributed by atoms with Gasteiger partial charge in [0.25, 0.3) is 0 Å².